The number of nitro groups is 1. The second-order valence-corrected chi connectivity index (χ2v) is 7.05. The molecule has 1 amide bonds. The molecule has 1 fully saturated rings. The molecule has 1 aliphatic rings. The van der Waals surface area contributed by atoms with Crippen LogP contribution in [0.2, 0.25) is 0 Å². The standard InChI is InChI=1S/C21H18FN5O3/c1-25-9-8-23-20(25)10-14-12-26(13-14)21(28)11-18-19(27(29)30)7-6-17(24-18)15-2-4-16(22)5-3-15/h2-10H,11-13H2,1H3. The summed E-state index contributed by atoms with van der Waals surface area (Å²) in [4.78, 5) is 33.6. The first-order chi connectivity index (χ1) is 14.4. The van der Waals surface area contributed by atoms with Crippen LogP contribution in [0, 0.1) is 15.9 Å². The topological polar surface area (TPSA) is 94.2 Å². The summed E-state index contributed by atoms with van der Waals surface area (Å²) >= 11 is 0. The highest BCUT2D eigenvalue weighted by molar-refractivity contribution is 5.82. The Hall–Kier alpha value is -3.88. The number of hydrogen-bond acceptors (Lipinski definition) is 5. The van der Waals surface area contributed by atoms with Gasteiger partial charge in [0.2, 0.25) is 5.91 Å². The minimum Gasteiger partial charge on any atom is -0.335 e. The number of halogens is 1. The van der Waals surface area contributed by atoms with Gasteiger partial charge in [-0.1, -0.05) is 0 Å². The van der Waals surface area contributed by atoms with E-state index < -0.39 is 4.92 Å². The summed E-state index contributed by atoms with van der Waals surface area (Å²) < 4.78 is 15.0. The van der Waals surface area contributed by atoms with E-state index in [0.29, 0.717) is 24.3 Å². The quantitative estimate of drug-likeness (QED) is 0.479. The molecule has 0 unspecified atom stereocenters. The summed E-state index contributed by atoms with van der Waals surface area (Å²) in [6, 6.07) is 8.49. The van der Waals surface area contributed by atoms with E-state index in [1.54, 1.807) is 23.2 Å². The Balaban J connectivity index is 1.50. The van der Waals surface area contributed by atoms with Crippen LogP contribution < -0.4 is 0 Å². The lowest BCUT2D eigenvalue weighted by Crippen LogP contribution is -2.45. The van der Waals surface area contributed by atoms with E-state index in [4.69, 9.17) is 0 Å². The number of pyridine rings is 1. The van der Waals surface area contributed by atoms with Gasteiger partial charge in [0.1, 0.15) is 17.3 Å². The lowest BCUT2D eigenvalue weighted by atomic mass is 10.1. The summed E-state index contributed by atoms with van der Waals surface area (Å²) in [5.74, 6) is 0.184. The van der Waals surface area contributed by atoms with Crippen molar-refractivity contribution in [1.29, 1.82) is 0 Å². The number of aryl methyl sites for hydroxylation is 1. The summed E-state index contributed by atoms with van der Waals surface area (Å²) in [5, 5.41) is 11.4. The van der Waals surface area contributed by atoms with Gasteiger partial charge in [0.15, 0.2) is 0 Å². The van der Waals surface area contributed by atoms with Crippen LogP contribution in [0.4, 0.5) is 10.1 Å². The van der Waals surface area contributed by atoms with Crippen molar-refractivity contribution in [3.05, 3.63) is 81.8 Å². The van der Waals surface area contributed by atoms with Gasteiger partial charge in [-0.3, -0.25) is 14.9 Å². The summed E-state index contributed by atoms with van der Waals surface area (Å²) in [6.07, 6.45) is 5.29. The minimum atomic E-state index is -0.549. The SMILES string of the molecule is Cn1ccnc1C=C1CN(C(=O)Cc2nc(-c3ccc(F)cc3)ccc2[N+](=O)[O-])C1. The number of likely N-dealkylation sites (tertiary alicyclic amines) is 1. The van der Waals surface area contributed by atoms with E-state index in [-0.39, 0.29) is 29.5 Å². The van der Waals surface area contributed by atoms with Crippen LogP contribution >= 0.6 is 0 Å². The number of rotatable bonds is 5. The Morgan fingerprint density at radius 3 is 2.60 bits per heavy atom. The molecule has 1 aromatic carbocycles. The number of amides is 1. The molecule has 0 N–H and O–H groups in total. The van der Waals surface area contributed by atoms with Crippen molar-refractivity contribution < 1.29 is 14.1 Å². The average molecular weight is 407 g/mol. The van der Waals surface area contributed by atoms with Gasteiger partial charge in [0.05, 0.1) is 17.0 Å². The number of nitrogens with zero attached hydrogens (tertiary/aromatic N) is 5. The van der Waals surface area contributed by atoms with Gasteiger partial charge in [-0.25, -0.2) is 14.4 Å². The number of carbonyl (C=O) groups excluding carboxylic acids is 1. The Bertz CT molecular complexity index is 1150. The van der Waals surface area contributed by atoms with Crippen molar-refractivity contribution in [2.45, 2.75) is 6.42 Å². The van der Waals surface area contributed by atoms with Crippen molar-refractivity contribution in [2.75, 3.05) is 13.1 Å². The number of imidazole rings is 1. The van der Waals surface area contributed by atoms with Crippen LogP contribution in [0.1, 0.15) is 11.5 Å². The number of aromatic nitrogens is 3. The molecule has 0 aliphatic carbocycles. The monoisotopic (exact) mass is 407 g/mol. The molecular formula is C21H18FN5O3. The molecule has 30 heavy (non-hydrogen) atoms. The Labute approximate surface area is 171 Å². The molecule has 0 saturated carbocycles. The maximum atomic E-state index is 13.2. The molecule has 152 valence electrons. The van der Waals surface area contributed by atoms with Crippen LogP contribution in [0.3, 0.4) is 0 Å². The van der Waals surface area contributed by atoms with Gasteiger partial charge in [-0.05, 0) is 42.0 Å². The maximum Gasteiger partial charge on any atom is 0.291 e. The molecular weight excluding hydrogens is 389 g/mol. The first kappa shape index (κ1) is 19.4. The molecule has 0 bridgehead atoms. The van der Waals surface area contributed by atoms with Gasteiger partial charge >= 0.3 is 0 Å². The molecule has 3 heterocycles. The smallest absolute Gasteiger partial charge is 0.291 e. The molecule has 9 heteroatoms. The van der Waals surface area contributed by atoms with Crippen molar-refractivity contribution >= 4 is 17.7 Å². The second kappa shape index (κ2) is 7.86. The van der Waals surface area contributed by atoms with E-state index >= 15 is 0 Å². The summed E-state index contributed by atoms with van der Waals surface area (Å²) in [7, 11) is 1.89. The Kier molecular flexibility index (Phi) is 5.09. The van der Waals surface area contributed by atoms with Crippen LogP contribution in [-0.4, -0.2) is 43.4 Å². The van der Waals surface area contributed by atoms with Crippen LogP contribution in [0.15, 0.2) is 54.4 Å². The molecule has 0 spiro atoms. The molecule has 4 rings (SSSR count). The largest absolute Gasteiger partial charge is 0.335 e. The number of benzene rings is 1. The lowest BCUT2D eigenvalue weighted by Gasteiger charge is -2.34. The predicted octanol–water partition coefficient (Wildman–Crippen LogP) is 3.00. The fourth-order valence-corrected chi connectivity index (χ4v) is 3.24. The minimum absolute atomic E-state index is 0.0911. The fraction of sp³-hybridized carbons (Fsp3) is 0.190. The van der Waals surface area contributed by atoms with Crippen molar-refractivity contribution in [2.24, 2.45) is 7.05 Å². The zero-order valence-corrected chi connectivity index (χ0v) is 16.2. The van der Waals surface area contributed by atoms with Crippen LogP contribution in [0.5, 0.6) is 0 Å². The third-order valence-electron chi connectivity index (χ3n) is 4.94. The molecule has 3 aromatic rings. The zero-order valence-electron chi connectivity index (χ0n) is 16.2. The second-order valence-electron chi connectivity index (χ2n) is 7.05. The first-order valence-electron chi connectivity index (χ1n) is 9.25. The van der Waals surface area contributed by atoms with E-state index in [0.717, 1.165) is 11.4 Å². The predicted molar refractivity (Wildman–Crippen MR) is 108 cm³/mol. The molecule has 8 nitrogen and oxygen atoms in total. The Morgan fingerprint density at radius 2 is 1.97 bits per heavy atom. The van der Waals surface area contributed by atoms with Gasteiger partial charge in [0.25, 0.3) is 5.69 Å². The molecule has 1 saturated heterocycles. The van der Waals surface area contributed by atoms with Crippen molar-refractivity contribution in [1.82, 2.24) is 19.4 Å². The Morgan fingerprint density at radius 1 is 1.23 bits per heavy atom. The van der Waals surface area contributed by atoms with E-state index in [1.807, 2.05) is 23.9 Å². The highest BCUT2D eigenvalue weighted by Crippen LogP contribution is 2.25. The van der Waals surface area contributed by atoms with Gasteiger partial charge < -0.3 is 9.47 Å². The van der Waals surface area contributed by atoms with Gasteiger partial charge in [-0.2, -0.15) is 0 Å². The van der Waals surface area contributed by atoms with E-state index in [1.165, 1.54) is 24.3 Å². The summed E-state index contributed by atoms with van der Waals surface area (Å²) in [5.41, 5.74) is 2.00. The third-order valence-corrected chi connectivity index (χ3v) is 4.94. The molecule has 0 radical (unpaired) electrons. The van der Waals surface area contributed by atoms with E-state index in [9.17, 15) is 19.3 Å². The van der Waals surface area contributed by atoms with Crippen LogP contribution in [0.25, 0.3) is 17.3 Å². The molecule has 0 atom stereocenters. The fourth-order valence-electron chi connectivity index (χ4n) is 3.24. The number of hydrogen-bond donors (Lipinski definition) is 0. The van der Waals surface area contributed by atoms with Crippen molar-refractivity contribution in [3.8, 4) is 11.3 Å². The van der Waals surface area contributed by atoms with Crippen molar-refractivity contribution in [3.63, 3.8) is 0 Å². The molecule has 2 aromatic heterocycles. The highest BCUT2D eigenvalue weighted by Gasteiger charge is 2.28. The highest BCUT2D eigenvalue weighted by atomic mass is 19.1. The average Bonchev–Trinajstić information content (AvgIpc) is 3.09. The normalized spacial score (nSPS) is 13.1. The first-order valence-corrected chi connectivity index (χ1v) is 9.25. The lowest BCUT2D eigenvalue weighted by molar-refractivity contribution is -0.385. The van der Waals surface area contributed by atoms with Crippen LogP contribution in [-0.2, 0) is 18.3 Å². The molecule has 1 aliphatic heterocycles. The zero-order chi connectivity index (χ0) is 21.3. The van der Waals surface area contributed by atoms with Gasteiger partial charge in [-0.15, -0.1) is 0 Å². The number of carbonyl (C=O) groups is 1. The van der Waals surface area contributed by atoms with E-state index in [2.05, 4.69) is 9.97 Å². The summed E-state index contributed by atoms with van der Waals surface area (Å²) in [6.45, 7) is 0.911. The van der Waals surface area contributed by atoms with Gasteiger partial charge in [0, 0.05) is 44.2 Å². The third kappa shape index (κ3) is 3.95. The maximum absolute atomic E-state index is 13.2.